The molecule has 0 aliphatic carbocycles. The molecular formula is C33H27Br2ClO7. The highest BCUT2D eigenvalue weighted by molar-refractivity contribution is 9.11. The maximum atomic E-state index is 14.0. The summed E-state index contributed by atoms with van der Waals surface area (Å²) >= 11 is 13.5. The van der Waals surface area contributed by atoms with Crippen LogP contribution in [0.2, 0.25) is 5.02 Å². The van der Waals surface area contributed by atoms with Crippen LogP contribution in [0.25, 0.3) is 0 Å². The van der Waals surface area contributed by atoms with Gasteiger partial charge in [0.25, 0.3) is 0 Å². The van der Waals surface area contributed by atoms with E-state index in [4.69, 9.17) is 30.5 Å². The van der Waals surface area contributed by atoms with Gasteiger partial charge >= 0.3 is 5.97 Å². The Morgan fingerprint density at radius 2 is 1.67 bits per heavy atom. The number of rotatable bonds is 10. The van der Waals surface area contributed by atoms with Crippen LogP contribution in [-0.2, 0) is 17.8 Å². The number of fused-ring (bicyclic) bond motifs is 1. The Labute approximate surface area is 270 Å². The summed E-state index contributed by atoms with van der Waals surface area (Å²) in [4.78, 5) is 25.2. The van der Waals surface area contributed by atoms with E-state index in [9.17, 15) is 14.7 Å². The van der Waals surface area contributed by atoms with Crippen molar-refractivity contribution >= 4 is 55.2 Å². The Morgan fingerprint density at radius 1 is 0.977 bits per heavy atom. The molecule has 0 radical (unpaired) electrons. The lowest BCUT2D eigenvalue weighted by Gasteiger charge is -2.20. The average molecular weight is 731 g/mol. The van der Waals surface area contributed by atoms with Gasteiger partial charge in [0.15, 0.2) is 23.0 Å². The van der Waals surface area contributed by atoms with Crippen molar-refractivity contribution in [2.24, 2.45) is 0 Å². The summed E-state index contributed by atoms with van der Waals surface area (Å²) in [5.74, 6) is 1.25. The van der Waals surface area contributed by atoms with Crippen LogP contribution >= 0.6 is 43.5 Å². The molecule has 0 unspecified atom stereocenters. The van der Waals surface area contributed by atoms with Crippen LogP contribution in [0.15, 0.2) is 69.6 Å². The number of carbonyl (C=O) groups is 2. The van der Waals surface area contributed by atoms with Crippen LogP contribution in [-0.4, -0.2) is 23.7 Å². The van der Waals surface area contributed by atoms with Gasteiger partial charge in [0.2, 0.25) is 6.79 Å². The number of carbonyl (C=O) groups excluding carboxylic acids is 1. The van der Waals surface area contributed by atoms with Crippen LogP contribution in [0.1, 0.15) is 57.9 Å². The summed E-state index contributed by atoms with van der Waals surface area (Å²) < 4.78 is 24.7. The predicted molar refractivity (Wildman–Crippen MR) is 170 cm³/mol. The third-order valence-corrected chi connectivity index (χ3v) is 8.34. The maximum Gasteiger partial charge on any atom is 0.307 e. The smallest absolute Gasteiger partial charge is 0.307 e. The number of aryl methyl sites for hydroxylation is 1. The molecule has 0 aromatic heterocycles. The van der Waals surface area contributed by atoms with Crippen LogP contribution in [0, 0.1) is 6.92 Å². The highest BCUT2D eigenvalue weighted by Gasteiger charge is 2.24. The molecule has 1 aliphatic rings. The first kappa shape index (κ1) is 30.9. The van der Waals surface area contributed by atoms with Crippen molar-refractivity contribution in [3.05, 3.63) is 108 Å². The molecule has 0 atom stereocenters. The zero-order valence-electron chi connectivity index (χ0n) is 23.5. The van der Waals surface area contributed by atoms with E-state index in [2.05, 4.69) is 31.9 Å². The molecule has 0 fully saturated rings. The Kier molecular flexibility index (Phi) is 9.34. The first-order valence-electron chi connectivity index (χ1n) is 13.4. The number of carboxylic acid groups (broad SMARTS) is 1. The minimum absolute atomic E-state index is 0.0116. The van der Waals surface area contributed by atoms with Crippen LogP contribution in [0.4, 0.5) is 0 Å². The zero-order chi connectivity index (χ0) is 30.8. The van der Waals surface area contributed by atoms with Gasteiger partial charge in [0.1, 0.15) is 18.1 Å². The second-order valence-electron chi connectivity index (χ2n) is 10.4. The van der Waals surface area contributed by atoms with Gasteiger partial charge in [-0.2, -0.15) is 0 Å². The number of aliphatic carboxylic acids is 1. The number of ether oxygens (including phenoxy) is 4. The Bertz CT molecular complexity index is 1710. The first-order valence-corrected chi connectivity index (χ1v) is 15.3. The van der Waals surface area contributed by atoms with Gasteiger partial charge in [-0.3, -0.25) is 9.59 Å². The number of benzene rings is 4. The molecule has 7 nitrogen and oxygen atoms in total. The van der Waals surface area contributed by atoms with Gasteiger partial charge in [-0.05, 0) is 86.7 Å². The van der Waals surface area contributed by atoms with E-state index in [-0.39, 0.29) is 31.5 Å². The van der Waals surface area contributed by atoms with E-state index in [0.717, 1.165) is 11.1 Å². The third kappa shape index (κ3) is 7.00. The number of halogens is 3. The zero-order valence-corrected chi connectivity index (χ0v) is 27.4. The lowest BCUT2D eigenvalue weighted by molar-refractivity contribution is -0.136. The van der Waals surface area contributed by atoms with Gasteiger partial charge in [-0.25, -0.2) is 0 Å². The minimum atomic E-state index is -0.947. The van der Waals surface area contributed by atoms with Crippen molar-refractivity contribution in [1.29, 1.82) is 0 Å². The molecule has 222 valence electrons. The van der Waals surface area contributed by atoms with Gasteiger partial charge in [-0.1, -0.05) is 49.2 Å². The predicted octanol–water partition coefficient (Wildman–Crippen LogP) is 9.25. The van der Waals surface area contributed by atoms with E-state index >= 15 is 0 Å². The summed E-state index contributed by atoms with van der Waals surface area (Å²) in [6.45, 7) is 6.23. The molecule has 0 amide bonds. The number of carboxylic acids is 1. The molecule has 4 aromatic rings. The molecule has 0 spiro atoms. The largest absolute Gasteiger partial charge is 0.489 e. The number of hydrogen-bond donors (Lipinski definition) is 1. The van der Waals surface area contributed by atoms with E-state index in [1.54, 1.807) is 36.4 Å². The highest BCUT2D eigenvalue weighted by atomic mass is 79.9. The SMILES string of the molecule is Cc1cccc(C(=O)c2cc(OCc3cc4c(cc3Cl)OCO4)c(C(C)C)cc2Oc2c(Br)cc(CC(=O)O)cc2Br)c1. The highest BCUT2D eigenvalue weighted by Crippen LogP contribution is 2.43. The summed E-state index contributed by atoms with van der Waals surface area (Å²) in [7, 11) is 0. The van der Waals surface area contributed by atoms with Crippen molar-refractivity contribution in [2.45, 2.75) is 39.7 Å². The normalized spacial score (nSPS) is 12.0. The Balaban J connectivity index is 1.57. The molecule has 0 bridgehead atoms. The van der Waals surface area contributed by atoms with E-state index in [1.807, 2.05) is 45.0 Å². The molecule has 1 N–H and O–H groups in total. The topological polar surface area (TPSA) is 91.3 Å². The van der Waals surface area contributed by atoms with Crippen molar-refractivity contribution in [2.75, 3.05) is 6.79 Å². The fraction of sp³-hybridized carbons (Fsp3) is 0.212. The Hall–Kier alpha value is -3.53. The van der Waals surface area contributed by atoms with Gasteiger partial charge in [0.05, 0.1) is 26.0 Å². The quantitative estimate of drug-likeness (QED) is 0.163. The van der Waals surface area contributed by atoms with E-state index in [0.29, 0.717) is 65.0 Å². The van der Waals surface area contributed by atoms with Crippen molar-refractivity contribution < 1.29 is 33.6 Å². The fourth-order valence-corrected chi connectivity index (χ4v) is 6.33. The van der Waals surface area contributed by atoms with Crippen molar-refractivity contribution in [3.8, 4) is 28.7 Å². The standard InChI is InChI=1S/C33H27Br2ClO7/c1-17(2)22-12-28(43-33-24(34)8-19(9-25(33)35)10-31(37)38)23(32(39)20-6-4-5-18(3)7-20)13-27(22)40-15-21-11-29-30(14-26(21)36)42-16-41-29/h4-9,11-14,17H,10,15-16H2,1-3H3,(H,37,38). The van der Waals surface area contributed by atoms with Crippen LogP contribution in [0.3, 0.4) is 0 Å². The molecule has 0 saturated heterocycles. The summed E-state index contributed by atoms with van der Waals surface area (Å²) in [6.07, 6.45) is -0.147. The Morgan fingerprint density at radius 3 is 2.33 bits per heavy atom. The minimum Gasteiger partial charge on any atom is -0.489 e. The first-order chi connectivity index (χ1) is 20.5. The van der Waals surface area contributed by atoms with Crippen LogP contribution < -0.4 is 18.9 Å². The fourth-order valence-electron chi connectivity index (χ4n) is 4.68. The van der Waals surface area contributed by atoms with Gasteiger partial charge in [0, 0.05) is 22.8 Å². The van der Waals surface area contributed by atoms with E-state index < -0.39 is 5.97 Å². The summed E-state index contributed by atoms with van der Waals surface area (Å²) in [5.41, 5.74) is 3.87. The summed E-state index contributed by atoms with van der Waals surface area (Å²) in [6, 6.07) is 17.7. The molecule has 10 heteroatoms. The monoisotopic (exact) mass is 728 g/mol. The number of ketones is 1. The number of hydrogen-bond acceptors (Lipinski definition) is 6. The van der Waals surface area contributed by atoms with Gasteiger partial charge < -0.3 is 24.1 Å². The lowest BCUT2D eigenvalue weighted by Crippen LogP contribution is -2.08. The molecule has 1 aliphatic heterocycles. The molecule has 43 heavy (non-hydrogen) atoms. The second kappa shape index (κ2) is 13.0. The summed E-state index contributed by atoms with van der Waals surface area (Å²) in [5, 5.41) is 9.71. The van der Waals surface area contributed by atoms with Crippen LogP contribution in [0.5, 0.6) is 28.7 Å². The molecule has 0 saturated carbocycles. The molecule has 1 heterocycles. The average Bonchev–Trinajstić information content (AvgIpc) is 3.40. The third-order valence-electron chi connectivity index (χ3n) is 6.81. The van der Waals surface area contributed by atoms with Gasteiger partial charge in [-0.15, -0.1) is 0 Å². The molecular weight excluding hydrogens is 704 g/mol. The molecule has 4 aromatic carbocycles. The second-order valence-corrected chi connectivity index (χ2v) is 12.5. The molecule has 5 rings (SSSR count). The van der Waals surface area contributed by atoms with E-state index in [1.165, 1.54) is 0 Å². The maximum absolute atomic E-state index is 14.0. The van der Waals surface area contributed by atoms with Crippen molar-refractivity contribution in [3.63, 3.8) is 0 Å². The lowest BCUT2D eigenvalue weighted by atomic mass is 9.95. The van der Waals surface area contributed by atoms with Crippen molar-refractivity contribution in [1.82, 2.24) is 0 Å².